The van der Waals surface area contributed by atoms with E-state index in [0.717, 1.165) is 16.5 Å². The minimum Gasteiger partial charge on any atom is -0.493 e. The number of piperidine rings is 1. The van der Waals surface area contributed by atoms with E-state index in [1.165, 1.54) is 55.9 Å². The van der Waals surface area contributed by atoms with E-state index in [-0.39, 0.29) is 69.6 Å². The molecule has 18 heteroatoms. The van der Waals surface area contributed by atoms with Gasteiger partial charge in [-0.25, -0.2) is 14.4 Å². The number of hydrogen-bond donors (Lipinski definition) is 3. The fraction of sp³-hybridized carbons (Fsp3) is 0.205. The Kier molecular flexibility index (Phi) is 10.7. The zero-order chi connectivity index (χ0) is 44.0. The third-order valence-corrected chi connectivity index (χ3v) is 10.8. The van der Waals surface area contributed by atoms with Gasteiger partial charge in [-0.2, -0.15) is 0 Å². The van der Waals surface area contributed by atoms with Crippen LogP contribution < -0.4 is 35.6 Å². The van der Waals surface area contributed by atoms with E-state index in [1.54, 1.807) is 24.6 Å². The lowest BCUT2D eigenvalue weighted by molar-refractivity contribution is -0.136. The number of hydrogen-bond acceptors (Lipinski definition) is 12. The maximum absolute atomic E-state index is 15.5. The summed E-state index contributed by atoms with van der Waals surface area (Å²) in [6.45, 7) is 3.12. The number of ether oxygens (including phenoxy) is 3. The van der Waals surface area contributed by atoms with Gasteiger partial charge in [0.25, 0.3) is 23.6 Å². The van der Waals surface area contributed by atoms with Crippen LogP contribution in [0.2, 0.25) is 0 Å². The molecular formula is C44H36FN7O10. The number of methoxy groups -OCH3 is 1. The Labute approximate surface area is 350 Å². The number of rotatable bonds is 11. The number of fused-ring (bicyclic) bond motifs is 3. The lowest BCUT2D eigenvalue weighted by Crippen LogP contribution is -2.54. The molecular weight excluding hydrogens is 806 g/mol. The fourth-order valence-electron chi connectivity index (χ4n) is 7.43. The van der Waals surface area contributed by atoms with Gasteiger partial charge in [-0.15, -0.1) is 0 Å². The maximum Gasteiger partial charge on any atom is 0.262 e. The van der Waals surface area contributed by atoms with Crippen LogP contribution in [0, 0.1) is 12.7 Å². The predicted octanol–water partition coefficient (Wildman–Crippen LogP) is 4.96. The van der Waals surface area contributed by atoms with Crippen LogP contribution in [-0.4, -0.2) is 74.6 Å². The minimum atomic E-state index is -1.13. The summed E-state index contributed by atoms with van der Waals surface area (Å²) in [5, 5.41) is 8.09. The maximum atomic E-state index is 15.5. The molecule has 4 heterocycles. The Morgan fingerprint density at radius 2 is 1.63 bits per heavy atom. The van der Waals surface area contributed by atoms with E-state index in [2.05, 4.69) is 25.9 Å². The van der Waals surface area contributed by atoms with E-state index in [1.807, 2.05) is 19.1 Å². The molecule has 0 saturated carbocycles. The fourth-order valence-corrected chi connectivity index (χ4v) is 7.43. The number of nitrogens with zero attached hydrogens (tertiary/aromatic N) is 4. The van der Waals surface area contributed by atoms with Crippen molar-refractivity contribution >= 4 is 68.6 Å². The molecule has 1 saturated heterocycles. The summed E-state index contributed by atoms with van der Waals surface area (Å²) >= 11 is 0. The van der Waals surface area contributed by atoms with Crippen molar-refractivity contribution < 1.29 is 47.4 Å². The van der Waals surface area contributed by atoms with Crippen molar-refractivity contribution in [2.45, 2.75) is 39.2 Å². The number of halogens is 1. The van der Waals surface area contributed by atoms with E-state index < -0.39 is 59.3 Å². The third-order valence-electron chi connectivity index (χ3n) is 10.8. The molecule has 17 nitrogen and oxygen atoms in total. The lowest BCUT2D eigenvalue weighted by Gasteiger charge is -2.27. The van der Waals surface area contributed by atoms with Crippen molar-refractivity contribution in [3.05, 3.63) is 117 Å². The highest BCUT2D eigenvalue weighted by Gasteiger charge is 2.44. The van der Waals surface area contributed by atoms with Gasteiger partial charge in [0, 0.05) is 48.1 Å². The van der Waals surface area contributed by atoms with Crippen LogP contribution in [0.25, 0.3) is 21.8 Å². The van der Waals surface area contributed by atoms with Gasteiger partial charge in [0.2, 0.25) is 23.1 Å². The van der Waals surface area contributed by atoms with Gasteiger partial charge >= 0.3 is 0 Å². The second-order valence-electron chi connectivity index (χ2n) is 14.5. The SMILES string of the molecule is CCc1ccc2c(c1)c(=O)c(C(=O)Nc1ccc(Oc3ncnc4cc(OCC(=O)Nc5ccc6c(c5)C(=O)N(C5CCC(=O)NC5=O)C6=O)c(OC)cc34)c(F)c1)c(C)n2C. The standard InChI is InChI=1S/C44H36FN7O10/c1-5-22-6-10-31-28(14-22)39(55)38(21(2)51(31)3)41(57)49-24-8-12-33(29(45)16-24)62-42-27-17-34(60-4)35(18-30(27)46-20-47-42)61-19-37(54)48-23-7-9-25-26(15-23)44(59)52(43(25)58)32-11-13-36(53)50-40(32)56/h6-10,12,14-18,20,32H,5,11,13,19H2,1-4H3,(H,48,54)(H,49,57)(H,50,53,56). The third kappa shape index (κ3) is 7.41. The average molecular weight is 842 g/mol. The molecule has 2 aliphatic heterocycles. The molecule has 62 heavy (non-hydrogen) atoms. The van der Waals surface area contributed by atoms with E-state index >= 15 is 4.39 Å². The van der Waals surface area contributed by atoms with Crippen molar-refractivity contribution in [2.24, 2.45) is 7.05 Å². The summed E-state index contributed by atoms with van der Waals surface area (Å²) in [5.74, 6) is -4.81. The highest BCUT2D eigenvalue weighted by Crippen LogP contribution is 2.37. The van der Waals surface area contributed by atoms with Gasteiger partial charge in [0.1, 0.15) is 17.9 Å². The number of aromatic nitrogens is 3. The number of carbonyl (C=O) groups excluding carboxylic acids is 6. The van der Waals surface area contributed by atoms with Gasteiger partial charge in [0.15, 0.2) is 29.7 Å². The number of amides is 6. The average Bonchev–Trinajstić information content (AvgIpc) is 3.50. The van der Waals surface area contributed by atoms with Crippen LogP contribution in [0.15, 0.2) is 77.9 Å². The summed E-state index contributed by atoms with van der Waals surface area (Å²) < 4.78 is 34.4. The number of benzene rings is 4. The Hall–Kier alpha value is -8.02. The van der Waals surface area contributed by atoms with Gasteiger partial charge < -0.3 is 29.4 Å². The second kappa shape index (κ2) is 16.2. The highest BCUT2D eigenvalue weighted by atomic mass is 19.1. The molecule has 6 aromatic rings. The topological polar surface area (TPSA) is 217 Å². The van der Waals surface area contributed by atoms with Crippen LogP contribution >= 0.6 is 0 Å². The highest BCUT2D eigenvalue weighted by molar-refractivity contribution is 6.24. The van der Waals surface area contributed by atoms with E-state index in [9.17, 15) is 33.6 Å². The lowest BCUT2D eigenvalue weighted by atomic mass is 10.0. The van der Waals surface area contributed by atoms with E-state index in [0.29, 0.717) is 28.4 Å². The number of pyridine rings is 1. The Morgan fingerprint density at radius 1 is 0.871 bits per heavy atom. The van der Waals surface area contributed by atoms with Crippen LogP contribution in [0.4, 0.5) is 15.8 Å². The van der Waals surface area contributed by atoms with Crippen molar-refractivity contribution in [1.82, 2.24) is 24.8 Å². The van der Waals surface area contributed by atoms with Crippen molar-refractivity contribution in [1.29, 1.82) is 0 Å². The normalized spacial score (nSPS) is 14.8. The van der Waals surface area contributed by atoms with Gasteiger partial charge in [-0.05, 0) is 73.9 Å². The van der Waals surface area contributed by atoms with Crippen molar-refractivity contribution in [2.75, 3.05) is 24.4 Å². The summed E-state index contributed by atoms with van der Waals surface area (Å²) in [7, 11) is 3.13. The molecule has 8 rings (SSSR count). The largest absolute Gasteiger partial charge is 0.493 e. The molecule has 1 fully saturated rings. The van der Waals surface area contributed by atoms with Crippen LogP contribution in [-0.2, 0) is 27.9 Å². The smallest absolute Gasteiger partial charge is 0.262 e. The molecule has 4 aromatic carbocycles. The zero-order valence-corrected chi connectivity index (χ0v) is 33.6. The van der Waals surface area contributed by atoms with Crippen LogP contribution in [0.3, 0.4) is 0 Å². The zero-order valence-electron chi connectivity index (χ0n) is 33.6. The number of carbonyl (C=O) groups is 6. The molecule has 0 aliphatic carbocycles. The second-order valence-corrected chi connectivity index (χ2v) is 14.5. The number of aryl methyl sites for hydroxylation is 2. The first-order valence-electron chi connectivity index (χ1n) is 19.3. The summed E-state index contributed by atoms with van der Waals surface area (Å²) in [4.78, 5) is 99.4. The Balaban J connectivity index is 0.941. The molecule has 314 valence electrons. The van der Waals surface area contributed by atoms with Crippen molar-refractivity contribution in [3.63, 3.8) is 0 Å². The summed E-state index contributed by atoms with van der Waals surface area (Å²) in [6, 6.07) is 15.3. The minimum absolute atomic E-state index is 0.00356. The first kappa shape index (κ1) is 40.7. The van der Waals surface area contributed by atoms with Gasteiger partial charge in [0.05, 0.1) is 34.7 Å². The van der Waals surface area contributed by atoms with Gasteiger partial charge in [-0.3, -0.25) is 43.8 Å². The first-order chi connectivity index (χ1) is 29.8. The Bertz CT molecular complexity index is 3000. The first-order valence-corrected chi connectivity index (χ1v) is 19.3. The molecule has 0 spiro atoms. The van der Waals surface area contributed by atoms with Crippen LogP contribution in [0.1, 0.15) is 62.1 Å². The molecule has 3 N–H and O–H groups in total. The molecule has 1 unspecified atom stereocenters. The number of nitrogens with one attached hydrogen (secondary N) is 3. The monoisotopic (exact) mass is 841 g/mol. The molecule has 1 atom stereocenters. The van der Waals surface area contributed by atoms with Crippen molar-refractivity contribution in [3.8, 4) is 23.1 Å². The van der Waals surface area contributed by atoms with Gasteiger partial charge in [-0.1, -0.05) is 13.0 Å². The molecule has 0 radical (unpaired) electrons. The van der Waals surface area contributed by atoms with Crippen LogP contribution in [0.5, 0.6) is 23.1 Å². The molecule has 2 aliphatic rings. The number of imide groups is 2. The summed E-state index contributed by atoms with van der Waals surface area (Å²) in [5.41, 5.74) is 2.19. The molecule has 0 bridgehead atoms. The molecule has 6 amide bonds. The summed E-state index contributed by atoms with van der Waals surface area (Å²) in [6.07, 6.45) is 1.88. The predicted molar refractivity (Wildman–Crippen MR) is 221 cm³/mol. The Morgan fingerprint density at radius 3 is 2.37 bits per heavy atom. The van der Waals surface area contributed by atoms with E-state index in [4.69, 9.17) is 14.2 Å². The number of anilines is 2. The molecule has 2 aromatic heterocycles. The quantitative estimate of drug-likeness (QED) is 0.148.